The molecule has 0 radical (unpaired) electrons. The Morgan fingerprint density at radius 3 is 1.63 bits per heavy atom. The van der Waals surface area contributed by atoms with E-state index in [2.05, 4.69) is 26.7 Å². The molecular weight excluding hydrogens is 348 g/mol. The molecule has 1 atom stereocenters. The van der Waals surface area contributed by atoms with Crippen LogP contribution < -0.4 is 0 Å². The third kappa shape index (κ3) is 8.24. The van der Waals surface area contributed by atoms with Crippen LogP contribution in [0.25, 0.3) is 0 Å². The van der Waals surface area contributed by atoms with Crippen molar-refractivity contribution < 1.29 is 28.6 Å². The molecule has 0 spiro atoms. The van der Waals surface area contributed by atoms with E-state index in [1.165, 1.54) is 27.7 Å². The van der Waals surface area contributed by atoms with E-state index < -0.39 is 29.8 Å². The number of esters is 3. The Hall–Kier alpha value is -2.37. The van der Waals surface area contributed by atoms with Crippen LogP contribution in [0.1, 0.15) is 66.7 Å². The molecule has 0 aromatic carbocycles. The maximum absolute atomic E-state index is 12.2. The van der Waals surface area contributed by atoms with Crippen LogP contribution >= 0.6 is 0 Å². The number of hydrogen-bond acceptors (Lipinski definition) is 6. The van der Waals surface area contributed by atoms with E-state index in [4.69, 9.17) is 14.2 Å². The fourth-order valence-corrected chi connectivity index (χ4v) is 2.13. The van der Waals surface area contributed by atoms with Crippen LogP contribution in [0.15, 0.2) is 36.5 Å². The van der Waals surface area contributed by atoms with E-state index in [-0.39, 0.29) is 23.1 Å². The van der Waals surface area contributed by atoms with E-state index >= 15 is 0 Å². The van der Waals surface area contributed by atoms with Crippen molar-refractivity contribution >= 4 is 17.9 Å². The SMILES string of the molecule is C=C(C)C(=O)OC(C)C(CCCCCC)(OC(=O)C(=C)C)OC(=O)C(=C)C. The van der Waals surface area contributed by atoms with Gasteiger partial charge in [0.15, 0.2) is 6.10 Å². The summed E-state index contributed by atoms with van der Waals surface area (Å²) < 4.78 is 16.4. The van der Waals surface area contributed by atoms with Gasteiger partial charge in [0.2, 0.25) is 0 Å². The van der Waals surface area contributed by atoms with Crippen molar-refractivity contribution in [3.8, 4) is 0 Å². The predicted molar refractivity (Wildman–Crippen MR) is 104 cm³/mol. The van der Waals surface area contributed by atoms with Gasteiger partial charge in [0.25, 0.3) is 5.79 Å². The first kappa shape index (κ1) is 24.6. The maximum Gasteiger partial charge on any atom is 0.336 e. The maximum atomic E-state index is 12.2. The Bertz CT molecular complexity index is 574. The van der Waals surface area contributed by atoms with Gasteiger partial charge in [0, 0.05) is 23.1 Å². The molecule has 152 valence electrons. The molecule has 0 saturated heterocycles. The Kier molecular flexibility index (Phi) is 10.4. The highest BCUT2D eigenvalue weighted by Crippen LogP contribution is 2.30. The van der Waals surface area contributed by atoms with Crippen LogP contribution in [-0.4, -0.2) is 29.8 Å². The van der Waals surface area contributed by atoms with Gasteiger partial charge in [0.1, 0.15) is 0 Å². The molecule has 0 bridgehead atoms. The number of hydrogen-bond donors (Lipinski definition) is 0. The Labute approximate surface area is 162 Å². The molecule has 0 aliphatic heterocycles. The summed E-state index contributed by atoms with van der Waals surface area (Å²) in [6, 6.07) is 0. The molecule has 0 N–H and O–H groups in total. The predicted octanol–water partition coefficient (Wildman–Crippen LogP) is 4.40. The van der Waals surface area contributed by atoms with Crippen LogP contribution in [0.2, 0.25) is 0 Å². The van der Waals surface area contributed by atoms with Gasteiger partial charge in [-0.25, -0.2) is 14.4 Å². The van der Waals surface area contributed by atoms with Crippen molar-refractivity contribution in [1.82, 2.24) is 0 Å². The third-order valence-corrected chi connectivity index (χ3v) is 3.86. The van der Waals surface area contributed by atoms with Crippen LogP contribution in [0, 0.1) is 0 Å². The lowest BCUT2D eigenvalue weighted by molar-refractivity contribution is -0.261. The van der Waals surface area contributed by atoms with E-state index in [0.29, 0.717) is 6.42 Å². The Balaban J connectivity index is 5.84. The minimum Gasteiger partial charge on any atom is -0.451 e. The lowest BCUT2D eigenvalue weighted by Crippen LogP contribution is -2.51. The molecule has 27 heavy (non-hydrogen) atoms. The van der Waals surface area contributed by atoms with Gasteiger partial charge in [-0.05, 0) is 34.1 Å². The molecule has 0 fully saturated rings. The number of unbranched alkanes of at least 4 members (excludes halogenated alkanes) is 3. The van der Waals surface area contributed by atoms with Crippen LogP contribution in [0.3, 0.4) is 0 Å². The summed E-state index contributed by atoms with van der Waals surface area (Å²) in [6.07, 6.45) is 2.55. The van der Waals surface area contributed by atoms with E-state index in [9.17, 15) is 14.4 Å². The van der Waals surface area contributed by atoms with Gasteiger partial charge in [-0.3, -0.25) is 0 Å². The van der Waals surface area contributed by atoms with Crippen LogP contribution in [-0.2, 0) is 28.6 Å². The van der Waals surface area contributed by atoms with E-state index in [1.807, 2.05) is 0 Å². The number of rotatable bonds is 12. The number of carbonyl (C=O) groups is 3. The van der Waals surface area contributed by atoms with Crippen molar-refractivity contribution in [3.63, 3.8) is 0 Å². The van der Waals surface area contributed by atoms with Gasteiger partial charge in [-0.15, -0.1) is 0 Å². The number of carbonyl (C=O) groups excluding carboxylic acids is 3. The van der Waals surface area contributed by atoms with Gasteiger partial charge in [-0.1, -0.05) is 45.9 Å². The summed E-state index contributed by atoms with van der Waals surface area (Å²) in [5.74, 6) is -3.92. The molecule has 0 aliphatic rings. The van der Waals surface area contributed by atoms with E-state index in [1.54, 1.807) is 0 Å². The second kappa shape index (κ2) is 11.4. The minimum atomic E-state index is -1.77. The largest absolute Gasteiger partial charge is 0.451 e. The van der Waals surface area contributed by atoms with Crippen molar-refractivity contribution in [3.05, 3.63) is 36.5 Å². The topological polar surface area (TPSA) is 78.9 Å². The van der Waals surface area contributed by atoms with Crippen molar-refractivity contribution in [2.75, 3.05) is 0 Å². The first-order valence-corrected chi connectivity index (χ1v) is 9.11. The standard InChI is InChI=1S/C21H32O6/c1-9-10-11-12-13-21(26-19(23)15(4)5,27-20(24)16(6)7)17(8)25-18(22)14(2)3/h17H,2,4,6,9-13H2,1,3,5,7-8H3. The van der Waals surface area contributed by atoms with Gasteiger partial charge in [-0.2, -0.15) is 0 Å². The quantitative estimate of drug-likeness (QED) is 0.216. The summed E-state index contributed by atoms with van der Waals surface area (Å²) in [4.78, 5) is 36.4. The normalized spacial score (nSPS) is 11.9. The zero-order chi connectivity index (χ0) is 21.2. The molecule has 0 aromatic rings. The first-order valence-electron chi connectivity index (χ1n) is 9.11. The Morgan fingerprint density at radius 2 is 1.26 bits per heavy atom. The van der Waals surface area contributed by atoms with E-state index in [0.717, 1.165) is 19.3 Å². The molecule has 0 aromatic heterocycles. The monoisotopic (exact) mass is 380 g/mol. The lowest BCUT2D eigenvalue weighted by atomic mass is 10.0. The molecule has 0 rings (SSSR count). The highest BCUT2D eigenvalue weighted by atomic mass is 16.8. The number of ether oxygens (including phenoxy) is 3. The molecule has 0 heterocycles. The summed E-state index contributed by atoms with van der Waals surface area (Å²) >= 11 is 0. The summed E-state index contributed by atoms with van der Waals surface area (Å²) in [5, 5.41) is 0. The van der Waals surface area contributed by atoms with Gasteiger partial charge >= 0.3 is 17.9 Å². The molecule has 1 unspecified atom stereocenters. The summed E-state index contributed by atoms with van der Waals surface area (Å²) in [5.41, 5.74) is 0.453. The Morgan fingerprint density at radius 1 is 0.815 bits per heavy atom. The molecule has 6 heteroatoms. The van der Waals surface area contributed by atoms with Crippen LogP contribution in [0.5, 0.6) is 0 Å². The fourth-order valence-electron chi connectivity index (χ4n) is 2.13. The second-order valence-corrected chi connectivity index (χ2v) is 6.79. The minimum absolute atomic E-state index is 0.137. The third-order valence-electron chi connectivity index (χ3n) is 3.86. The zero-order valence-corrected chi connectivity index (χ0v) is 17.2. The molecule has 6 nitrogen and oxygen atoms in total. The first-order chi connectivity index (χ1) is 12.5. The second-order valence-electron chi connectivity index (χ2n) is 6.79. The molecular formula is C21H32O6. The van der Waals surface area contributed by atoms with Crippen molar-refractivity contribution in [2.24, 2.45) is 0 Å². The fraction of sp³-hybridized carbons (Fsp3) is 0.571. The molecule has 0 amide bonds. The molecule has 0 aliphatic carbocycles. The average Bonchev–Trinajstić information content (AvgIpc) is 2.57. The smallest absolute Gasteiger partial charge is 0.336 e. The van der Waals surface area contributed by atoms with Gasteiger partial charge < -0.3 is 14.2 Å². The summed E-state index contributed by atoms with van der Waals surface area (Å²) in [7, 11) is 0. The van der Waals surface area contributed by atoms with Crippen molar-refractivity contribution in [2.45, 2.75) is 78.6 Å². The average molecular weight is 380 g/mol. The molecule has 0 saturated carbocycles. The summed E-state index contributed by atoms with van der Waals surface area (Å²) in [6.45, 7) is 18.7. The zero-order valence-electron chi connectivity index (χ0n) is 17.2. The van der Waals surface area contributed by atoms with Gasteiger partial charge in [0.05, 0.1) is 0 Å². The van der Waals surface area contributed by atoms with Crippen LogP contribution in [0.4, 0.5) is 0 Å². The lowest BCUT2D eigenvalue weighted by Gasteiger charge is -2.37. The van der Waals surface area contributed by atoms with Crippen molar-refractivity contribution in [1.29, 1.82) is 0 Å². The highest BCUT2D eigenvalue weighted by Gasteiger charge is 2.46. The highest BCUT2D eigenvalue weighted by molar-refractivity contribution is 5.89.